The smallest absolute Gasteiger partial charge is 0.157 e. The predicted octanol–water partition coefficient (Wildman–Crippen LogP) is 4.24. The van der Waals surface area contributed by atoms with E-state index in [0.717, 1.165) is 17.3 Å². The van der Waals surface area contributed by atoms with Gasteiger partial charge < -0.3 is 5.32 Å². The lowest BCUT2D eigenvalue weighted by atomic mass is 9.96. The summed E-state index contributed by atoms with van der Waals surface area (Å²) < 4.78 is 0. The highest BCUT2D eigenvalue weighted by atomic mass is 32.2. The molecule has 1 unspecified atom stereocenters. The van der Waals surface area contributed by atoms with Gasteiger partial charge in [-0.1, -0.05) is 25.6 Å². The Morgan fingerprint density at radius 2 is 2.11 bits per heavy atom. The van der Waals surface area contributed by atoms with Crippen LogP contribution in [0, 0.1) is 6.92 Å². The summed E-state index contributed by atoms with van der Waals surface area (Å²) in [6.07, 6.45) is 3.40. The van der Waals surface area contributed by atoms with Gasteiger partial charge in [0, 0.05) is 27.5 Å². The molecule has 1 fully saturated rings. The minimum atomic E-state index is 0.280. The van der Waals surface area contributed by atoms with E-state index < -0.39 is 0 Å². The van der Waals surface area contributed by atoms with E-state index >= 15 is 0 Å². The molecule has 4 heteroatoms. The van der Waals surface area contributed by atoms with Crippen molar-refractivity contribution in [1.82, 2.24) is 5.32 Å². The molecule has 0 spiro atoms. The van der Waals surface area contributed by atoms with E-state index in [1.807, 2.05) is 23.1 Å². The van der Waals surface area contributed by atoms with Crippen LogP contribution in [-0.4, -0.2) is 22.5 Å². The zero-order chi connectivity index (χ0) is 13.9. The van der Waals surface area contributed by atoms with Crippen LogP contribution in [-0.2, 0) is 6.42 Å². The SMILES string of the molecule is CCC1(CC)CSC(=NC(C)Cc2ccc(C)s2)N1. The summed E-state index contributed by atoms with van der Waals surface area (Å²) in [5, 5.41) is 4.79. The fourth-order valence-electron chi connectivity index (χ4n) is 2.34. The van der Waals surface area contributed by atoms with E-state index in [9.17, 15) is 0 Å². The molecule has 1 aromatic heterocycles. The second kappa shape index (κ2) is 6.31. The minimum Gasteiger partial charge on any atom is -0.359 e. The summed E-state index contributed by atoms with van der Waals surface area (Å²) in [6, 6.07) is 4.79. The van der Waals surface area contributed by atoms with Gasteiger partial charge in [-0.2, -0.15) is 0 Å². The Hall–Kier alpha value is -0.480. The Bertz CT molecular complexity index is 447. The third-order valence-corrected chi connectivity index (χ3v) is 6.04. The maximum absolute atomic E-state index is 4.85. The maximum atomic E-state index is 4.85. The minimum absolute atomic E-state index is 0.280. The van der Waals surface area contributed by atoms with Gasteiger partial charge in [0.25, 0.3) is 0 Å². The van der Waals surface area contributed by atoms with Gasteiger partial charge in [-0.3, -0.25) is 4.99 Å². The number of hydrogen-bond acceptors (Lipinski definition) is 3. The van der Waals surface area contributed by atoms with Gasteiger partial charge in [0.2, 0.25) is 0 Å². The zero-order valence-electron chi connectivity index (χ0n) is 12.3. The molecule has 1 saturated heterocycles. The molecule has 0 bridgehead atoms. The number of amidine groups is 1. The molecule has 2 nitrogen and oxygen atoms in total. The lowest BCUT2D eigenvalue weighted by Gasteiger charge is -2.25. The first-order valence-electron chi connectivity index (χ1n) is 7.11. The Morgan fingerprint density at radius 1 is 1.37 bits per heavy atom. The fraction of sp³-hybridized carbons (Fsp3) is 0.667. The zero-order valence-corrected chi connectivity index (χ0v) is 14.0. The van der Waals surface area contributed by atoms with Crippen molar-refractivity contribution in [3.8, 4) is 0 Å². The first kappa shape index (κ1) is 14.9. The summed E-state index contributed by atoms with van der Waals surface area (Å²) >= 11 is 3.77. The van der Waals surface area contributed by atoms with E-state index in [-0.39, 0.29) is 5.54 Å². The Labute approximate surface area is 125 Å². The van der Waals surface area contributed by atoms with Crippen molar-refractivity contribution in [3.63, 3.8) is 0 Å². The average molecular weight is 297 g/mol. The van der Waals surface area contributed by atoms with Crippen LogP contribution in [0.4, 0.5) is 0 Å². The van der Waals surface area contributed by atoms with Crippen LogP contribution >= 0.6 is 23.1 Å². The summed E-state index contributed by atoms with van der Waals surface area (Å²) in [4.78, 5) is 7.67. The van der Waals surface area contributed by atoms with Crippen molar-refractivity contribution in [2.75, 3.05) is 5.75 Å². The van der Waals surface area contributed by atoms with Crippen LogP contribution in [0.2, 0.25) is 0 Å². The van der Waals surface area contributed by atoms with E-state index in [1.54, 1.807) is 0 Å². The number of hydrogen-bond donors (Lipinski definition) is 1. The standard InChI is InChI=1S/C15H24N2S2/c1-5-15(6-2)10-18-14(17-15)16-11(3)9-13-8-7-12(4)19-13/h7-8,11H,5-6,9-10H2,1-4H3,(H,16,17). The third-order valence-electron chi connectivity index (χ3n) is 3.84. The van der Waals surface area contributed by atoms with Gasteiger partial charge in [-0.25, -0.2) is 0 Å². The van der Waals surface area contributed by atoms with Gasteiger partial charge in [0.15, 0.2) is 5.17 Å². The highest BCUT2D eigenvalue weighted by Gasteiger charge is 2.33. The summed E-state index contributed by atoms with van der Waals surface area (Å²) in [7, 11) is 0. The average Bonchev–Trinajstić information content (AvgIpc) is 2.97. The fourth-order valence-corrected chi connectivity index (χ4v) is 4.78. The number of thioether (sulfide) groups is 1. The summed E-state index contributed by atoms with van der Waals surface area (Å²) in [5.74, 6) is 1.16. The Morgan fingerprint density at radius 3 is 2.63 bits per heavy atom. The molecule has 0 saturated carbocycles. The van der Waals surface area contributed by atoms with Crippen LogP contribution < -0.4 is 5.32 Å². The number of rotatable bonds is 5. The largest absolute Gasteiger partial charge is 0.359 e. The van der Waals surface area contributed by atoms with Crippen LogP contribution in [0.25, 0.3) is 0 Å². The van der Waals surface area contributed by atoms with Crippen molar-refractivity contribution in [2.45, 2.75) is 58.5 Å². The number of aliphatic imine (C=N–C) groups is 1. The normalized spacial score (nSPS) is 21.6. The number of aryl methyl sites for hydroxylation is 1. The van der Waals surface area contributed by atoms with Gasteiger partial charge in [0.1, 0.15) is 0 Å². The maximum Gasteiger partial charge on any atom is 0.157 e. The second-order valence-electron chi connectivity index (χ2n) is 5.40. The number of nitrogens with zero attached hydrogens (tertiary/aromatic N) is 1. The second-order valence-corrected chi connectivity index (χ2v) is 7.74. The van der Waals surface area contributed by atoms with Crippen molar-refractivity contribution in [1.29, 1.82) is 0 Å². The lowest BCUT2D eigenvalue weighted by Crippen LogP contribution is -2.42. The van der Waals surface area contributed by atoms with Crippen molar-refractivity contribution in [3.05, 3.63) is 21.9 Å². The molecule has 0 radical (unpaired) electrons. The number of thiophene rings is 1. The molecule has 0 aliphatic carbocycles. The summed E-state index contributed by atoms with van der Waals surface area (Å²) in [6.45, 7) is 8.90. The van der Waals surface area contributed by atoms with Crippen LogP contribution in [0.3, 0.4) is 0 Å². The van der Waals surface area contributed by atoms with Gasteiger partial charge in [0.05, 0.1) is 6.04 Å². The van der Waals surface area contributed by atoms with Gasteiger partial charge in [-0.15, -0.1) is 11.3 Å². The van der Waals surface area contributed by atoms with E-state index in [1.165, 1.54) is 22.6 Å². The molecule has 1 N–H and O–H groups in total. The Balaban J connectivity index is 1.95. The molecule has 1 aromatic rings. The lowest BCUT2D eigenvalue weighted by molar-refractivity contribution is 0.407. The van der Waals surface area contributed by atoms with Crippen LogP contribution in [0.5, 0.6) is 0 Å². The highest BCUT2D eigenvalue weighted by Crippen LogP contribution is 2.29. The quantitative estimate of drug-likeness (QED) is 0.879. The topological polar surface area (TPSA) is 24.4 Å². The third kappa shape index (κ3) is 3.76. The molecule has 2 rings (SSSR count). The van der Waals surface area contributed by atoms with Gasteiger partial charge in [-0.05, 0) is 38.8 Å². The summed E-state index contributed by atoms with van der Waals surface area (Å²) in [5.41, 5.74) is 0.280. The first-order chi connectivity index (χ1) is 9.07. The van der Waals surface area contributed by atoms with Crippen molar-refractivity contribution >= 4 is 28.3 Å². The van der Waals surface area contributed by atoms with Crippen molar-refractivity contribution < 1.29 is 0 Å². The van der Waals surface area contributed by atoms with Crippen LogP contribution in [0.1, 0.15) is 43.4 Å². The molecule has 1 atom stereocenters. The molecule has 1 aliphatic rings. The molecule has 19 heavy (non-hydrogen) atoms. The Kier molecular flexibility index (Phi) is 4.96. The van der Waals surface area contributed by atoms with Crippen molar-refractivity contribution in [2.24, 2.45) is 4.99 Å². The molecule has 1 aliphatic heterocycles. The molecule has 2 heterocycles. The van der Waals surface area contributed by atoms with Gasteiger partial charge >= 0.3 is 0 Å². The predicted molar refractivity (Wildman–Crippen MR) is 88.6 cm³/mol. The molecule has 0 aromatic carbocycles. The highest BCUT2D eigenvalue weighted by molar-refractivity contribution is 8.14. The molecular formula is C15H24N2S2. The molecule has 0 amide bonds. The van der Waals surface area contributed by atoms with E-state index in [0.29, 0.717) is 6.04 Å². The molecule has 106 valence electrons. The van der Waals surface area contributed by atoms with E-state index in [4.69, 9.17) is 4.99 Å². The first-order valence-corrected chi connectivity index (χ1v) is 8.91. The monoisotopic (exact) mass is 296 g/mol. The van der Waals surface area contributed by atoms with Crippen LogP contribution in [0.15, 0.2) is 17.1 Å². The van der Waals surface area contributed by atoms with E-state index in [2.05, 4.69) is 45.1 Å². The molecular weight excluding hydrogens is 272 g/mol. The number of nitrogens with one attached hydrogen (secondary N) is 1.